The second kappa shape index (κ2) is 4.67. The minimum atomic E-state index is -0.590. The Labute approximate surface area is 118 Å². The standard InChI is InChI=1S/C14H11ClOS2/c1-8-2-3-9(6-10(8)15)14(16)13-7-12-11(18-13)4-5-17-12/h2-7,14,16H,1H3. The molecule has 0 aliphatic carbocycles. The molecule has 4 heteroatoms. The normalized spacial score (nSPS) is 13.1. The Morgan fingerprint density at radius 1 is 1.17 bits per heavy atom. The Morgan fingerprint density at radius 3 is 2.72 bits per heavy atom. The van der Waals surface area contributed by atoms with Gasteiger partial charge in [0.05, 0.1) is 0 Å². The molecular weight excluding hydrogens is 284 g/mol. The number of thiophene rings is 2. The van der Waals surface area contributed by atoms with Gasteiger partial charge in [-0.15, -0.1) is 22.7 Å². The molecule has 1 aromatic carbocycles. The van der Waals surface area contributed by atoms with Crippen LogP contribution in [0.5, 0.6) is 0 Å². The van der Waals surface area contributed by atoms with Gasteiger partial charge in [-0.1, -0.05) is 23.7 Å². The molecule has 0 spiro atoms. The number of aliphatic hydroxyl groups excluding tert-OH is 1. The minimum absolute atomic E-state index is 0.590. The van der Waals surface area contributed by atoms with E-state index in [1.807, 2.05) is 25.1 Å². The van der Waals surface area contributed by atoms with Crippen LogP contribution >= 0.6 is 34.3 Å². The Balaban J connectivity index is 2.00. The van der Waals surface area contributed by atoms with Gasteiger partial charge in [0.2, 0.25) is 0 Å². The van der Waals surface area contributed by atoms with E-state index in [-0.39, 0.29) is 0 Å². The highest BCUT2D eigenvalue weighted by Gasteiger charge is 2.15. The smallest absolute Gasteiger partial charge is 0.113 e. The Hall–Kier alpha value is -0.870. The van der Waals surface area contributed by atoms with Crippen LogP contribution in [0.3, 0.4) is 0 Å². The molecule has 0 fully saturated rings. The fourth-order valence-corrected chi connectivity index (χ4v) is 4.19. The lowest BCUT2D eigenvalue weighted by Crippen LogP contribution is -1.97. The highest BCUT2D eigenvalue weighted by atomic mass is 35.5. The largest absolute Gasteiger partial charge is 0.383 e. The number of halogens is 1. The molecule has 1 unspecified atom stereocenters. The van der Waals surface area contributed by atoms with Crippen LogP contribution in [0.15, 0.2) is 35.7 Å². The number of hydrogen-bond acceptors (Lipinski definition) is 3. The lowest BCUT2D eigenvalue weighted by molar-refractivity contribution is 0.224. The first-order valence-electron chi connectivity index (χ1n) is 5.56. The summed E-state index contributed by atoms with van der Waals surface area (Å²) in [5.41, 5.74) is 1.87. The van der Waals surface area contributed by atoms with Crippen LogP contribution in [0, 0.1) is 6.92 Å². The van der Waals surface area contributed by atoms with E-state index in [9.17, 15) is 5.11 Å². The van der Waals surface area contributed by atoms with E-state index in [0.29, 0.717) is 5.02 Å². The lowest BCUT2D eigenvalue weighted by Gasteiger charge is -2.10. The maximum absolute atomic E-state index is 10.4. The zero-order chi connectivity index (χ0) is 12.7. The van der Waals surface area contributed by atoms with E-state index in [1.165, 1.54) is 9.40 Å². The summed E-state index contributed by atoms with van der Waals surface area (Å²) in [5.74, 6) is 0. The van der Waals surface area contributed by atoms with Crippen LogP contribution in [0.4, 0.5) is 0 Å². The fourth-order valence-electron chi connectivity index (χ4n) is 1.86. The summed E-state index contributed by atoms with van der Waals surface area (Å²) in [6.45, 7) is 1.96. The summed E-state index contributed by atoms with van der Waals surface area (Å²) >= 11 is 9.43. The molecule has 0 radical (unpaired) electrons. The number of rotatable bonds is 2. The molecule has 2 aromatic heterocycles. The van der Waals surface area contributed by atoms with Crippen LogP contribution in [0.1, 0.15) is 22.1 Å². The van der Waals surface area contributed by atoms with Crippen molar-refractivity contribution in [3.05, 3.63) is 56.7 Å². The SMILES string of the molecule is Cc1ccc(C(O)c2cc3sccc3s2)cc1Cl. The fraction of sp³-hybridized carbons (Fsp3) is 0.143. The Bertz CT molecular complexity index is 670. The van der Waals surface area contributed by atoms with Crippen LogP contribution in [0.2, 0.25) is 5.02 Å². The van der Waals surface area contributed by atoms with E-state index >= 15 is 0 Å². The molecule has 1 nitrogen and oxygen atoms in total. The Kier molecular flexibility index (Phi) is 3.16. The molecule has 92 valence electrons. The summed E-state index contributed by atoms with van der Waals surface area (Å²) in [6, 6.07) is 9.86. The average molecular weight is 295 g/mol. The maximum Gasteiger partial charge on any atom is 0.113 e. The molecule has 1 atom stereocenters. The summed E-state index contributed by atoms with van der Waals surface area (Å²) in [7, 11) is 0. The molecule has 18 heavy (non-hydrogen) atoms. The second-order valence-electron chi connectivity index (χ2n) is 4.21. The van der Waals surface area contributed by atoms with E-state index in [4.69, 9.17) is 11.6 Å². The highest BCUT2D eigenvalue weighted by molar-refractivity contribution is 7.26. The molecule has 0 amide bonds. The number of aryl methyl sites for hydroxylation is 1. The van der Waals surface area contributed by atoms with Gasteiger partial charge in [0.1, 0.15) is 6.10 Å². The summed E-state index contributed by atoms with van der Waals surface area (Å²) in [5, 5.41) is 13.2. The van der Waals surface area contributed by atoms with Crippen LogP contribution in [-0.4, -0.2) is 5.11 Å². The molecule has 2 heterocycles. The molecule has 3 rings (SSSR count). The first-order valence-corrected chi connectivity index (χ1v) is 7.63. The molecule has 0 aliphatic rings. The third-order valence-electron chi connectivity index (χ3n) is 2.94. The number of aliphatic hydroxyl groups is 1. The van der Waals surface area contributed by atoms with E-state index in [0.717, 1.165) is 16.0 Å². The maximum atomic E-state index is 10.4. The van der Waals surface area contributed by atoms with Gasteiger partial charge in [0.15, 0.2) is 0 Å². The number of fused-ring (bicyclic) bond motifs is 1. The van der Waals surface area contributed by atoms with Gasteiger partial charge in [-0.3, -0.25) is 0 Å². The van der Waals surface area contributed by atoms with Crippen LogP contribution in [0.25, 0.3) is 9.40 Å². The zero-order valence-corrected chi connectivity index (χ0v) is 12.1. The zero-order valence-electron chi connectivity index (χ0n) is 9.68. The first kappa shape index (κ1) is 12.2. The van der Waals surface area contributed by atoms with Crippen molar-refractivity contribution in [2.45, 2.75) is 13.0 Å². The molecule has 0 aliphatic heterocycles. The highest BCUT2D eigenvalue weighted by Crippen LogP contribution is 2.36. The minimum Gasteiger partial charge on any atom is -0.383 e. The van der Waals surface area contributed by atoms with Crippen molar-refractivity contribution in [1.29, 1.82) is 0 Å². The molecule has 0 bridgehead atoms. The van der Waals surface area contributed by atoms with Crippen molar-refractivity contribution in [1.82, 2.24) is 0 Å². The van der Waals surface area contributed by atoms with E-state index < -0.39 is 6.10 Å². The predicted octanol–water partition coefficient (Wildman–Crippen LogP) is 5.01. The predicted molar refractivity (Wildman–Crippen MR) is 80.0 cm³/mol. The van der Waals surface area contributed by atoms with Crippen molar-refractivity contribution in [2.24, 2.45) is 0 Å². The second-order valence-corrected chi connectivity index (χ2v) is 6.68. The Morgan fingerprint density at radius 2 is 2.00 bits per heavy atom. The monoisotopic (exact) mass is 294 g/mol. The van der Waals surface area contributed by atoms with Crippen LogP contribution < -0.4 is 0 Å². The van der Waals surface area contributed by atoms with E-state index in [1.54, 1.807) is 22.7 Å². The molecular formula is C14H11ClOS2. The van der Waals surface area contributed by atoms with Gasteiger partial charge in [0, 0.05) is 19.3 Å². The molecule has 0 saturated carbocycles. The van der Waals surface area contributed by atoms with Gasteiger partial charge < -0.3 is 5.11 Å². The van der Waals surface area contributed by atoms with Crippen molar-refractivity contribution >= 4 is 43.7 Å². The van der Waals surface area contributed by atoms with Crippen molar-refractivity contribution < 1.29 is 5.11 Å². The number of benzene rings is 1. The van der Waals surface area contributed by atoms with E-state index in [2.05, 4.69) is 17.5 Å². The van der Waals surface area contributed by atoms with Crippen molar-refractivity contribution in [3.8, 4) is 0 Å². The molecule has 0 saturated heterocycles. The van der Waals surface area contributed by atoms with Crippen molar-refractivity contribution in [3.63, 3.8) is 0 Å². The van der Waals surface area contributed by atoms with Gasteiger partial charge in [-0.2, -0.15) is 0 Å². The van der Waals surface area contributed by atoms with Gasteiger partial charge in [-0.25, -0.2) is 0 Å². The molecule has 3 aromatic rings. The first-order chi connectivity index (χ1) is 8.65. The third-order valence-corrected chi connectivity index (χ3v) is 5.49. The van der Waals surface area contributed by atoms with Crippen molar-refractivity contribution in [2.75, 3.05) is 0 Å². The molecule has 1 N–H and O–H groups in total. The third kappa shape index (κ3) is 2.08. The lowest BCUT2D eigenvalue weighted by atomic mass is 10.1. The topological polar surface area (TPSA) is 20.2 Å². The summed E-state index contributed by atoms with van der Waals surface area (Å²) in [4.78, 5) is 0.969. The average Bonchev–Trinajstić information content (AvgIpc) is 2.92. The van der Waals surface area contributed by atoms with Gasteiger partial charge >= 0.3 is 0 Å². The quantitative estimate of drug-likeness (QED) is 0.704. The summed E-state index contributed by atoms with van der Waals surface area (Å²) in [6.07, 6.45) is -0.590. The summed E-state index contributed by atoms with van der Waals surface area (Å²) < 4.78 is 2.46. The van der Waals surface area contributed by atoms with Gasteiger partial charge in [0.25, 0.3) is 0 Å². The van der Waals surface area contributed by atoms with Crippen LogP contribution in [-0.2, 0) is 0 Å². The number of hydrogen-bond donors (Lipinski definition) is 1. The van der Waals surface area contributed by atoms with Gasteiger partial charge in [-0.05, 0) is 41.6 Å².